The van der Waals surface area contributed by atoms with E-state index in [4.69, 9.17) is 10.2 Å². The van der Waals surface area contributed by atoms with E-state index in [1.807, 2.05) is 0 Å². The number of hydrogen-bond donors (Lipinski definition) is 3. The molecule has 0 radical (unpaired) electrons. The van der Waals surface area contributed by atoms with Crippen LogP contribution in [0.1, 0.15) is 23.7 Å². The molecule has 1 atom stereocenters. The van der Waals surface area contributed by atoms with Gasteiger partial charge in [0.25, 0.3) is 0 Å². The maximum Gasteiger partial charge on any atom is 0.335 e. The van der Waals surface area contributed by atoms with Gasteiger partial charge in [0.1, 0.15) is 10.7 Å². The van der Waals surface area contributed by atoms with Crippen molar-refractivity contribution in [3.05, 3.63) is 29.6 Å². The summed E-state index contributed by atoms with van der Waals surface area (Å²) in [6, 6.07) is 1.74. The van der Waals surface area contributed by atoms with Crippen LogP contribution in [0.5, 0.6) is 0 Å². The van der Waals surface area contributed by atoms with E-state index in [9.17, 15) is 17.6 Å². The number of sulfonamides is 1. The normalized spacial score (nSPS) is 13.2. The van der Waals surface area contributed by atoms with Crippen LogP contribution < -0.4 is 4.72 Å². The number of carbonyl (C=O) groups is 1. The molecule has 0 fully saturated rings. The van der Waals surface area contributed by atoms with Crippen molar-refractivity contribution < 1.29 is 27.8 Å². The molecule has 1 aromatic rings. The minimum atomic E-state index is -4.22. The lowest BCUT2D eigenvalue weighted by Gasteiger charge is -2.15. The third kappa shape index (κ3) is 3.72. The van der Waals surface area contributed by atoms with Crippen molar-refractivity contribution in [3.8, 4) is 0 Å². The van der Waals surface area contributed by atoms with Crippen molar-refractivity contribution in [1.29, 1.82) is 0 Å². The molecule has 0 spiro atoms. The molecule has 0 unspecified atom stereocenters. The molecular formula is C11H14FNO5S. The van der Waals surface area contributed by atoms with Crippen molar-refractivity contribution in [3.63, 3.8) is 0 Å². The summed E-state index contributed by atoms with van der Waals surface area (Å²) in [4.78, 5) is 10.00. The fraction of sp³-hybridized carbons (Fsp3) is 0.364. The van der Waals surface area contributed by atoms with Crippen LogP contribution in [-0.4, -0.2) is 37.2 Å². The topological polar surface area (TPSA) is 104 Å². The van der Waals surface area contributed by atoms with E-state index in [0.717, 1.165) is 18.2 Å². The molecule has 0 heterocycles. The molecule has 0 amide bonds. The van der Waals surface area contributed by atoms with Crippen molar-refractivity contribution in [2.24, 2.45) is 0 Å². The number of aliphatic hydroxyl groups is 1. The van der Waals surface area contributed by atoms with Gasteiger partial charge in [0, 0.05) is 6.04 Å². The molecule has 0 saturated carbocycles. The van der Waals surface area contributed by atoms with Gasteiger partial charge >= 0.3 is 5.97 Å². The quantitative estimate of drug-likeness (QED) is 0.711. The molecule has 0 aliphatic carbocycles. The molecule has 1 aromatic carbocycles. The number of aliphatic hydroxyl groups excluding tert-OH is 1. The van der Waals surface area contributed by atoms with E-state index in [1.165, 1.54) is 0 Å². The van der Waals surface area contributed by atoms with Crippen LogP contribution in [0.2, 0.25) is 0 Å². The first-order chi connectivity index (χ1) is 8.81. The second kappa shape index (κ2) is 6.09. The summed E-state index contributed by atoms with van der Waals surface area (Å²) in [5, 5.41) is 17.7. The summed E-state index contributed by atoms with van der Waals surface area (Å²) < 4.78 is 39.4. The Morgan fingerprint density at radius 2 is 2.11 bits per heavy atom. The van der Waals surface area contributed by atoms with Crippen LogP contribution in [0, 0.1) is 5.82 Å². The first-order valence-corrected chi connectivity index (χ1v) is 6.96. The van der Waals surface area contributed by atoms with Gasteiger partial charge in [-0.05, 0) is 24.6 Å². The zero-order valence-electron chi connectivity index (χ0n) is 10.1. The van der Waals surface area contributed by atoms with Crippen LogP contribution in [0.25, 0.3) is 0 Å². The van der Waals surface area contributed by atoms with Gasteiger partial charge in [0.2, 0.25) is 10.0 Å². The van der Waals surface area contributed by atoms with Crippen molar-refractivity contribution in [2.45, 2.75) is 24.3 Å². The highest BCUT2D eigenvalue weighted by Crippen LogP contribution is 2.17. The Kier molecular flexibility index (Phi) is 4.98. The first-order valence-electron chi connectivity index (χ1n) is 5.47. The van der Waals surface area contributed by atoms with Gasteiger partial charge in [-0.1, -0.05) is 6.92 Å². The predicted molar refractivity (Wildman–Crippen MR) is 64.8 cm³/mol. The molecule has 0 aliphatic rings. The van der Waals surface area contributed by atoms with E-state index < -0.39 is 39.4 Å². The minimum absolute atomic E-state index is 0.315. The lowest BCUT2D eigenvalue weighted by molar-refractivity contribution is 0.0696. The monoisotopic (exact) mass is 291 g/mol. The number of carboxylic acid groups (broad SMARTS) is 1. The molecule has 19 heavy (non-hydrogen) atoms. The van der Waals surface area contributed by atoms with Crippen molar-refractivity contribution >= 4 is 16.0 Å². The Bertz CT molecular complexity index is 568. The van der Waals surface area contributed by atoms with E-state index in [-0.39, 0.29) is 5.56 Å². The highest BCUT2D eigenvalue weighted by atomic mass is 32.2. The Hall–Kier alpha value is -1.51. The standard InChI is InChI=1S/C11H14FNO5S/c1-2-8(6-14)13-19(17,18)10-5-7(11(15)16)3-4-9(10)12/h3-5,8,13-14H,2,6H2,1H3,(H,15,16)/t8-/m0/s1. The minimum Gasteiger partial charge on any atom is -0.478 e. The van der Waals surface area contributed by atoms with Crippen LogP contribution >= 0.6 is 0 Å². The highest BCUT2D eigenvalue weighted by Gasteiger charge is 2.23. The van der Waals surface area contributed by atoms with Crippen LogP contribution in [0.3, 0.4) is 0 Å². The molecule has 106 valence electrons. The Balaban J connectivity index is 3.20. The first kappa shape index (κ1) is 15.5. The molecule has 6 nitrogen and oxygen atoms in total. The van der Waals surface area contributed by atoms with Crippen molar-refractivity contribution in [1.82, 2.24) is 4.72 Å². The van der Waals surface area contributed by atoms with E-state index in [0.29, 0.717) is 6.42 Å². The number of hydrogen-bond acceptors (Lipinski definition) is 4. The summed E-state index contributed by atoms with van der Waals surface area (Å²) >= 11 is 0. The molecule has 0 saturated heterocycles. The number of nitrogens with one attached hydrogen (secondary N) is 1. The summed E-state index contributed by atoms with van der Waals surface area (Å²) in [5.74, 6) is -2.41. The molecule has 1 rings (SSSR count). The number of rotatable bonds is 6. The van der Waals surface area contributed by atoms with Crippen LogP contribution in [0.15, 0.2) is 23.1 Å². The van der Waals surface area contributed by atoms with Gasteiger partial charge in [-0.25, -0.2) is 22.3 Å². The average molecular weight is 291 g/mol. The number of benzene rings is 1. The maximum atomic E-state index is 13.5. The largest absolute Gasteiger partial charge is 0.478 e. The third-order valence-electron chi connectivity index (χ3n) is 2.50. The SMILES string of the molecule is CC[C@@H](CO)NS(=O)(=O)c1cc(C(=O)O)ccc1F. The van der Waals surface area contributed by atoms with E-state index in [2.05, 4.69) is 4.72 Å². The molecule has 0 aromatic heterocycles. The molecule has 3 N–H and O–H groups in total. The van der Waals surface area contributed by atoms with Crippen LogP contribution in [-0.2, 0) is 10.0 Å². The van der Waals surface area contributed by atoms with Gasteiger partial charge in [-0.15, -0.1) is 0 Å². The summed E-state index contributed by atoms with van der Waals surface area (Å²) in [7, 11) is -4.22. The maximum absolute atomic E-state index is 13.5. The van der Waals surface area contributed by atoms with Crippen molar-refractivity contribution in [2.75, 3.05) is 6.61 Å². The Morgan fingerprint density at radius 1 is 1.47 bits per heavy atom. The van der Waals surface area contributed by atoms with E-state index in [1.54, 1.807) is 6.92 Å². The van der Waals surface area contributed by atoms with Gasteiger partial charge < -0.3 is 10.2 Å². The average Bonchev–Trinajstić information content (AvgIpc) is 2.35. The summed E-state index contributed by atoms with van der Waals surface area (Å²) in [5.41, 5.74) is -0.334. The number of halogens is 1. The number of carboxylic acids is 1. The van der Waals surface area contributed by atoms with E-state index >= 15 is 0 Å². The van der Waals surface area contributed by atoms with Gasteiger partial charge in [0.15, 0.2) is 0 Å². The predicted octanol–water partition coefficient (Wildman–Crippen LogP) is 0.573. The van der Waals surface area contributed by atoms with Crippen LogP contribution in [0.4, 0.5) is 4.39 Å². The second-order valence-corrected chi connectivity index (χ2v) is 5.54. The second-order valence-electron chi connectivity index (χ2n) is 3.86. The summed E-state index contributed by atoms with van der Waals surface area (Å²) in [6.07, 6.45) is 0.315. The Morgan fingerprint density at radius 3 is 2.58 bits per heavy atom. The lowest BCUT2D eigenvalue weighted by Crippen LogP contribution is -2.37. The van der Waals surface area contributed by atoms with Gasteiger partial charge in [-0.3, -0.25) is 0 Å². The molecule has 0 aliphatic heterocycles. The fourth-order valence-corrected chi connectivity index (χ4v) is 2.79. The smallest absolute Gasteiger partial charge is 0.335 e. The lowest BCUT2D eigenvalue weighted by atomic mass is 10.2. The zero-order chi connectivity index (χ0) is 14.6. The summed E-state index contributed by atoms with van der Waals surface area (Å²) in [6.45, 7) is 1.21. The van der Waals surface area contributed by atoms with Gasteiger partial charge in [0.05, 0.1) is 12.2 Å². The molecule has 8 heteroatoms. The van der Waals surface area contributed by atoms with Gasteiger partial charge in [-0.2, -0.15) is 0 Å². The highest BCUT2D eigenvalue weighted by molar-refractivity contribution is 7.89. The Labute approximate surface area is 109 Å². The zero-order valence-corrected chi connectivity index (χ0v) is 10.9. The fourth-order valence-electron chi connectivity index (χ4n) is 1.37. The third-order valence-corrected chi connectivity index (χ3v) is 4.04. The molecular weight excluding hydrogens is 277 g/mol. The number of aromatic carboxylic acids is 1. The molecule has 0 bridgehead atoms.